The lowest BCUT2D eigenvalue weighted by molar-refractivity contribution is 0.102. The van der Waals surface area contributed by atoms with E-state index in [1.807, 2.05) is 0 Å². The molecule has 0 saturated heterocycles. The summed E-state index contributed by atoms with van der Waals surface area (Å²) in [5.74, 6) is 0.581. The molecular formula is C9H8BrClO2. The molecule has 0 aliphatic carbocycles. The van der Waals surface area contributed by atoms with Gasteiger partial charge in [-0.3, -0.25) is 4.79 Å². The summed E-state index contributed by atoms with van der Waals surface area (Å²) >= 11 is 8.87. The van der Waals surface area contributed by atoms with Gasteiger partial charge in [-0.15, -0.1) is 0 Å². The number of hydrogen-bond donors (Lipinski definition) is 0. The maximum Gasteiger partial charge on any atom is 0.173 e. The van der Waals surface area contributed by atoms with E-state index in [9.17, 15) is 4.79 Å². The summed E-state index contributed by atoms with van der Waals surface area (Å²) in [7, 11) is 1.54. The summed E-state index contributed by atoms with van der Waals surface area (Å²) in [6.07, 6.45) is 0. The van der Waals surface area contributed by atoms with E-state index in [0.717, 1.165) is 0 Å². The van der Waals surface area contributed by atoms with Crippen LogP contribution in [0.2, 0.25) is 5.02 Å². The van der Waals surface area contributed by atoms with Crippen LogP contribution in [0.4, 0.5) is 0 Å². The van der Waals surface area contributed by atoms with Crippen molar-refractivity contribution in [2.24, 2.45) is 0 Å². The molecule has 0 aliphatic rings. The summed E-state index contributed by atoms with van der Waals surface area (Å²) < 4.78 is 4.98. The molecule has 1 aromatic carbocycles. The van der Waals surface area contributed by atoms with Gasteiger partial charge in [-0.25, -0.2) is 0 Å². The standard InChI is InChI=1S/C9H8BrClO2/c1-13-8-3-6(9(12)5-10)2-7(11)4-8/h2-4H,5H2,1H3. The van der Waals surface area contributed by atoms with Crippen molar-refractivity contribution in [3.05, 3.63) is 28.8 Å². The Morgan fingerprint density at radius 2 is 2.23 bits per heavy atom. The number of hydrogen-bond acceptors (Lipinski definition) is 2. The Morgan fingerprint density at radius 1 is 1.54 bits per heavy atom. The van der Waals surface area contributed by atoms with E-state index in [0.29, 0.717) is 16.3 Å². The highest BCUT2D eigenvalue weighted by Gasteiger charge is 2.06. The van der Waals surface area contributed by atoms with Crippen LogP contribution in [0.1, 0.15) is 10.4 Å². The van der Waals surface area contributed by atoms with Crippen molar-refractivity contribution in [2.45, 2.75) is 0 Å². The third-order valence-corrected chi connectivity index (χ3v) is 2.28. The Hall–Kier alpha value is -0.540. The second-order valence-corrected chi connectivity index (χ2v) is 3.43. The minimum Gasteiger partial charge on any atom is -0.497 e. The smallest absolute Gasteiger partial charge is 0.173 e. The normalized spacial score (nSPS) is 9.77. The molecule has 1 rings (SSSR count). The van der Waals surface area contributed by atoms with Crippen molar-refractivity contribution in [1.82, 2.24) is 0 Å². The highest BCUT2D eigenvalue weighted by molar-refractivity contribution is 9.09. The first-order valence-corrected chi connectivity index (χ1v) is 5.11. The largest absolute Gasteiger partial charge is 0.497 e. The Labute approximate surface area is 90.0 Å². The fourth-order valence-corrected chi connectivity index (χ4v) is 1.47. The predicted molar refractivity (Wildman–Crippen MR) is 56.1 cm³/mol. The van der Waals surface area contributed by atoms with Gasteiger partial charge in [-0.1, -0.05) is 27.5 Å². The lowest BCUT2D eigenvalue weighted by Crippen LogP contribution is -2.00. The molecule has 1 aromatic rings. The van der Waals surface area contributed by atoms with Gasteiger partial charge >= 0.3 is 0 Å². The Bertz CT molecular complexity index is 325. The molecule has 2 nitrogen and oxygen atoms in total. The minimum absolute atomic E-state index is 0.0131. The van der Waals surface area contributed by atoms with Crippen LogP contribution >= 0.6 is 27.5 Å². The van der Waals surface area contributed by atoms with E-state index in [2.05, 4.69) is 15.9 Å². The van der Waals surface area contributed by atoms with E-state index < -0.39 is 0 Å². The molecule has 13 heavy (non-hydrogen) atoms. The molecule has 0 unspecified atom stereocenters. The van der Waals surface area contributed by atoms with Crippen molar-refractivity contribution >= 4 is 33.3 Å². The van der Waals surface area contributed by atoms with Crippen molar-refractivity contribution in [3.63, 3.8) is 0 Å². The third kappa shape index (κ3) is 2.71. The van der Waals surface area contributed by atoms with Gasteiger partial charge in [0.05, 0.1) is 12.4 Å². The van der Waals surface area contributed by atoms with Crippen molar-refractivity contribution in [3.8, 4) is 5.75 Å². The van der Waals surface area contributed by atoms with Gasteiger partial charge in [0.15, 0.2) is 5.78 Å². The maximum absolute atomic E-state index is 11.3. The zero-order valence-electron chi connectivity index (χ0n) is 7.01. The summed E-state index contributed by atoms with van der Waals surface area (Å²) in [6.45, 7) is 0. The summed E-state index contributed by atoms with van der Waals surface area (Å²) in [5, 5.41) is 0.792. The first-order chi connectivity index (χ1) is 6.17. The molecule has 0 aromatic heterocycles. The molecule has 0 amide bonds. The lowest BCUT2D eigenvalue weighted by atomic mass is 10.1. The van der Waals surface area contributed by atoms with E-state index in [4.69, 9.17) is 16.3 Å². The van der Waals surface area contributed by atoms with Gasteiger partial charge in [0.2, 0.25) is 0 Å². The van der Waals surface area contributed by atoms with Crippen LogP contribution in [-0.4, -0.2) is 18.2 Å². The number of ketones is 1. The second kappa shape index (κ2) is 4.63. The van der Waals surface area contributed by atoms with Gasteiger partial charge in [0.1, 0.15) is 5.75 Å². The van der Waals surface area contributed by atoms with E-state index in [1.165, 1.54) is 7.11 Å². The molecule has 70 valence electrons. The van der Waals surface area contributed by atoms with Gasteiger partial charge < -0.3 is 4.74 Å². The molecule has 0 aliphatic heterocycles. The van der Waals surface area contributed by atoms with Gasteiger partial charge in [0, 0.05) is 10.6 Å². The highest BCUT2D eigenvalue weighted by atomic mass is 79.9. The lowest BCUT2D eigenvalue weighted by Gasteiger charge is -2.03. The highest BCUT2D eigenvalue weighted by Crippen LogP contribution is 2.21. The maximum atomic E-state index is 11.3. The number of halogens is 2. The van der Waals surface area contributed by atoms with E-state index >= 15 is 0 Å². The molecule has 0 fully saturated rings. The number of carbonyl (C=O) groups is 1. The SMILES string of the molecule is COc1cc(Cl)cc(C(=O)CBr)c1. The molecular weight excluding hydrogens is 255 g/mol. The average molecular weight is 264 g/mol. The van der Waals surface area contributed by atoms with Gasteiger partial charge in [0.25, 0.3) is 0 Å². The van der Waals surface area contributed by atoms with Gasteiger partial charge in [-0.2, -0.15) is 0 Å². The van der Waals surface area contributed by atoms with E-state index in [1.54, 1.807) is 18.2 Å². The molecule has 0 radical (unpaired) electrons. The number of rotatable bonds is 3. The molecule has 0 heterocycles. The first-order valence-electron chi connectivity index (χ1n) is 3.61. The summed E-state index contributed by atoms with van der Waals surface area (Å²) in [4.78, 5) is 11.3. The number of benzene rings is 1. The fourth-order valence-electron chi connectivity index (χ4n) is 0.919. The van der Waals surface area contributed by atoms with Crippen LogP contribution in [0.25, 0.3) is 0 Å². The summed E-state index contributed by atoms with van der Waals surface area (Å²) in [6, 6.07) is 4.94. The Balaban J connectivity index is 3.08. The number of alkyl halides is 1. The van der Waals surface area contributed by atoms with Gasteiger partial charge in [-0.05, 0) is 18.2 Å². The average Bonchev–Trinajstić information content (AvgIpc) is 2.15. The molecule has 0 saturated carbocycles. The Kier molecular flexibility index (Phi) is 3.75. The molecule has 0 spiro atoms. The second-order valence-electron chi connectivity index (χ2n) is 2.44. The van der Waals surface area contributed by atoms with Crippen LogP contribution in [0.5, 0.6) is 5.75 Å². The fraction of sp³-hybridized carbons (Fsp3) is 0.222. The number of carbonyl (C=O) groups excluding carboxylic acids is 1. The van der Waals surface area contributed by atoms with Crippen molar-refractivity contribution in [2.75, 3.05) is 12.4 Å². The zero-order valence-corrected chi connectivity index (χ0v) is 9.35. The number of Topliss-reactive ketones (excluding diaryl/α,β-unsaturated/α-hetero) is 1. The monoisotopic (exact) mass is 262 g/mol. The first kappa shape index (κ1) is 10.5. The summed E-state index contributed by atoms with van der Waals surface area (Å²) in [5.41, 5.74) is 0.557. The van der Waals surface area contributed by atoms with Crippen molar-refractivity contribution < 1.29 is 9.53 Å². The minimum atomic E-state index is -0.0131. The molecule has 0 bridgehead atoms. The number of methoxy groups -OCH3 is 1. The van der Waals surface area contributed by atoms with Crippen LogP contribution < -0.4 is 4.74 Å². The van der Waals surface area contributed by atoms with Crippen LogP contribution in [-0.2, 0) is 0 Å². The van der Waals surface area contributed by atoms with Crippen LogP contribution in [0, 0.1) is 0 Å². The van der Waals surface area contributed by atoms with Crippen molar-refractivity contribution in [1.29, 1.82) is 0 Å². The van der Waals surface area contributed by atoms with Crippen LogP contribution in [0.3, 0.4) is 0 Å². The molecule has 0 N–H and O–H groups in total. The molecule has 4 heteroatoms. The Morgan fingerprint density at radius 3 is 2.77 bits per heavy atom. The quantitative estimate of drug-likeness (QED) is 0.619. The molecule has 0 atom stereocenters. The van der Waals surface area contributed by atoms with Crippen LogP contribution in [0.15, 0.2) is 18.2 Å². The predicted octanol–water partition coefficient (Wildman–Crippen LogP) is 2.93. The topological polar surface area (TPSA) is 26.3 Å². The third-order valence-electron chi connectivity index (χ3n) is 1.55. The number of ether oxygens (including phenoxy) is 1. The van der Waals surface area contributed by atoms with E-state index in [-0.39, 0.29) is 11.1 Å². The zero-order chi connectivity index (χ0) is 9.84.